The number of aliphatic hydroxyl groups is 1. The van der Waals surface area contributed by atoms with Crippen molar-refractivity contribution in [1.29, 1.82) is 0 Å². The maximum atomic E-state index is 7.88. The average molecular weight is 365 g/mol. The zero-order chi connectivity index (χ0) is 13.2. The van der Waals surface area contributed by atoms with E-state index in [1.807, 2.05) is 6.92 Å². The number of nitrogens with zero attached hydrogens (tertiary/aromatic N) is 1. The van der Waals surface area contributed by atoms with Gasteiger partial charge in [-0.05, 0) is 6.42 Å². The van der Waals surface area contributed by atoms with E-state index in [9.17, 15) is 0 Å². The van der Waals surface area contributed by atoms with Crippen LogP contribution in [0.4, 0.5) is 0 Å². The number of halogens is 2. The Bertz CT molecular complexity index is 110. The van der Waals surface area contributed by atoms with Gasteiger partial charge in [-0.15, -0.1) is 37.9 Å². The minimum Gasteiger partial charge on any atom is -0.662 e. The van der Waals surface area contributed by atoms with Gasteiger partial charge in [-0.2, -0.15) is 0 Å². The molecule has 0 heterocycles. The fourth-order valence-corrected chi connectivity index (χ4v) is 1.41. The molecule has 0 bridgehead atoms. The van der Waals surface area contributed by atoms with E-state index in [-0.39, 0.29) is 46.5 Å². The van der Waals surface area contributed by atoms with Gasteiger partial charge in [-0.1, -0.05) is 72.1 Å². The monoisotopic (exact) mass is 364 g/mol. The number of hydrogen-bond donors (Lipinski definition) is 1. The van der Waals surface area contributed by atoms with Crippen LogP contribution < -0.4 is 0 Å². The first-order valence-corrected chi connectivity index (χ1v) is 7.57. The third-order valence-corrected chi connectivity index (χ3v) is 2.56. The fraction of sp³-hybridized carbons (Fsp3) is 1.00. The van der Waals surface area contributed by atoms with Crippen LogP contribution in [0.15, 0.2) is 0 Å². The van der Waals surface area contributed by atoms with E-state index in [0.29, 0.717) is 6.61 Å². The Balaban J connectivity index is -0.0000000951. The van der Waals surface area contributed by atoms with Crippen molar-refractivity contribution >= 4 is 24.8 Å². The molecule has 0 aromatic carbocycles. The molecule has 0 aliphatic rings. The van der Waals surface area contributed by atoms with Gasteiger partial charge >= 0.3 is 0 Å². The second-order valence-corrected chi connectivity index (χ2v) is 4.52. The molecule has 5 heteroatoms. The molecule has 20 heavy (non-hydrogen) atoms. The van der Waals surface area contributed by atoms with Crippen molar-refractivity contribution in [2.75, 3.05) is 19.7 Å². The normalized spacial score (nSPS) is 8.40. The van der Waals surface area contributed by atoms with E-state index < -0.39 is 0 Å². The third-order valence-electron chi connectivity index (χ3n) is 2.56. The van der Waals surface area contributed by atoms with Crippen molar-refractivity contribution < 1.29 is 26.8 Å². The Morgan fingerprint density at radius 2 is 1.00 bits per heavy atom. The third kappa shape index (κ3) is 42.7. The summed E-state index contributed by atoms with van der Waals surface area (Å²) in [6.45, 7) is 8.96. The standard InChI is InChI=1S/C12H26N.C3H8O.2ClH.Ti/c1-3-5-7-9-11-13-12-10-8-6-4-2;1-2-3-4;;;/h3-12H2,1-2H3;4H,2-3H2,1H3;2*1H;/q-1;;;;. The van der Waals surface area contributed by atoms with Gasteiger partial charge in [0.25, 0.3) is 0 Å². The maximum Gasteiger partial charge on any atom is 0.0428 e. The molecule has 0 atom stereocenters. The van der Waals surface area contributed by atoms with Crippen LogP contribution in [0.2, 0.25) is 0 Å². The molecule has 0 aliphatic carbocycles. The minimum atomic E-state index is 0. The van der Waals surface area contributed by atoms with Gasteiger partial charge in [0.05, 0.1) is 0 Å². The van der Waals surface area contributed by atoms with Gasteiger partial charge in [0, 0.05) is 28.3 Å². The average Bonchev–Trinajstić information content (AvgIpc) is 2.37. The minimum absolute atomic E-state index is 0. The predicted octanol–water partition coefficient (Wildman–Crippen LogP) is 5.75. The molecular formula is C15H36Cl2NOTi-. The van der Waals surface area contributed by atoms with Crippen LogP contribution >= 0.6 is 24.8 Å². The van der Waals surface area contributed by atoms with Crippen molar-refractivity contribution in [3.05, 3.63) is 5.32 Å². The van der Waals surface area contributed by atoms with Crippen LogP contribution in [-0.4, -0.2) is 24.8 Å². The first-order chi connectivity index (χ1) is 8.33. The summed E-state index contributed by atoms with van der Waals surface area (Å²) in [5.74, 6) is 0. The zero-order valence-corrected chi connectivity index (χ0v) is 16.9. The maximum absolute atomic E-state index is 7.88. The van der Waals surface area contributed by atoms with Crippen LogP contribution in [0.5, 0.6) is 0 Å². The van der Waals surface area contributed by atoms with Crippen LogP contribution in [0, 0.1) is 0 Å². The Kier molecular flexibility index (Phi) is 60.9. The van der Waals surface area contributed by atoms with E-state index >= 15 is 0 Å². The molecule has 2 nitrogen and oxygen atoms in total. The van der Waals surface area contributed by atoms with Gasteiger partial charge in [0.1, 0.15) is 0 Å². The molecule has 0 saturated carbocycles. The number of rotatable bonds is 11. The topological polar surface area (TPSA) is 34.3 Å². The summed E-state index contributed by atoms with van der Waals surface area (Å²) < 4.78 is 0. The van der Waals surface area contributed by atoms with Gasteiger partial charge in [-0.25, -0.2) is 0 Å². The molecule has 0 unspecified atom stereocenters. The Labute approximate surface area is 155 Å². The van der Waals surface area contributed by atoms with Crippen molar-refractivity contribution in [2.45, 2.75) is 78.6 Å². The predicted molar refractivity (Wildman–Crippen MR) is 93.2 cm³/mol. The first-order valence-electron chi connectivity index (χ1n) is 7.57. The summed E-state index contributed by atoms with van der Waals surface area (Å²) >= 11 is 0. The molecule has 0 radical (unpaired) electrons. The summed E-state index contributed by atoms with van der Waals surface area (Å²) in [6, 6.07) is 0. The van der Waals surface area contributed by atoms with Gasteiger partial charge in [-0.3, -0.25) is 0 Å². The quantitative estimate of drug-likeness (QED) is 0.367. The van der Waals surface area contributed by atoms with Crippen LogP contribution in [0.25, 0.3) is 5.32 Å². The fourth-order valence-electron chi connectivity index (χ4n) is 1.41. The number of unbranched alkanes of at least 4 members (excludes halogenated alkanes) is 6. The second kappa shape index (κ2) is 36.9. The Morgan fingerprint density at radius 3 is 1.25 bits per heavy atom. The second-order valence-electron chi connectivity index (χ2n) is 4.52. The van der Waals surface area contributed by atoms with E-state index in [2.05, 4.69) is 19.2 Å². The molecule has 0 amide bonds. The molecule has 1 N–H and O–H groups in total. The summed E-state index contributed by atoms with van der Waals surface area (Å²) in [5, 5.41) is 12.4. The molecule has 0 saturated heterocycles. The molecule has 0 aromatic heterocycles. The SMILES string of the molecule is CCCCCC[N-]CCCCCC.CCCO.Cl.Cl.[Ti]. The van der Waals surface area contributed by atoms with Gasteiger partial charge in [0.2, 0.25) is 0 Å². The van der Waals surface area contributed by atoms with Crippen molar-refractivity contribution in [2.24, 2.45) is 0 Å². The molecule has 0 aliphatic heterocycles. The number of hydrogen-bond acceptors (Lipinski definition) is 1. The van der Waals surface area contributed by atoms with Crippen LogP contribution in [0.1, 0.15) is 78.6 Å². The molecule has 0 rings (SSSR count). The molecule has 126 valence electrons. The van der Waals surface area contributed by atoms with E-state index in [1.165, 1.54) is 51.4 Å². The molecule has 0 spiro atoms. The Morgan fingerprint density at radius 1 is 0.650 bits per heavy atom. The van der Waals surface area contributed by atoms with E-state index in [4.69, 9.17) is 5.11 Å². The largest absolute Gasteiger partial charge is 0.662 e. The summed E-state index contributed by atoms with van der Waals surface area (Å²) in [7, 11) is 0. The summed E-state index contributed by atoms with van der Waals surface area (Å²) in [4.78, 5) is 0. The zero-order valence-electron chi connectivity index (χ0n) is 13.7. The van der Waals surface area contributed by atoms with Crippen molar-refractivity contribution in [3.8, 4) is 0 Å². The first kappa shape index (κ1) is 33.0. The van der Waals surface area contributed by atoms with Crippen LogP contribution in [-0.2, 0) is 21.7 Å². The van der Waals surface area contributed by atoms with E-state index in [1.54, 1.807) is 0 Å². The summed E-state index contributed by atoms with van der Waals surface area (Å²) in [6.07, 6.45) is 11.6. The van der Waals surface area contributed by atoms with Crippen molar-refractivity contribution in [3.63, 3.8) is 0 Å². The van der Waals surface area contributed by atoms with E-state index in [0.717, 1.165) is 19.5 Å². The summed E-state index contributed by atoms with van der Waals surface area (Å²) in [5.41, 5.74) is 0. The van der Waals surface area contributed by atoms with Gasteiger partial charge < -0.3 is 10.4 Å². The molecule has 0 fully saturated rings. The molecular weight excluding hydrogens is 329 g/mol. The number of aliphatic hydroxyl groups excluding tert-OH is 1. The molecule has 0 aromatic rings. The Hall–Kier alpha value is 1.21. The van der Waals surface area contributed by atoms with Crippen molar-refractivity contribution in [1.82, 2.24) is 0 Å². The smallest absolute Gasteiger partial charge is 0.0428 e. The van der Waals surface area contributed by atoms with Gasteiger partial charge in [0.15, 0.2) is 0 Å². The van der Waals surface area contributed by atoms with Crippen LogP contribution in [0.3, 0.4) is 0 Å².